The Balaban J connectivity index is 1.83. The zero-order chi connectivity index (χ0) is 21.2. The average molecular weight is 433 g/mol. The SMILES string of the molecule is Cc1ccc(NS(=O)(=O)c2ccc(NC(=O)c3ccccc3Cl)c(F)c2)c(C)c1. The zero-order valence-electron chi connectivity index (χ0n) is 15.7. The summed E-state index contributed by atoms with van der Waals surface area (Å²) in [4.78, 5) is 12.0. The maximum atomic E-state index is 14.5. The molecule has 3 aromatic carbocycles. The monoisotopic (exact) mass is 432 g/mol. The lowest BCUT2D eigenvalue weighted by Crippen LogP contribution is -2.16. The molecule has 3 rings (SSSR count). The van der Waals surface area contributed by atoms with E-state index >= 15 is 0 Å². The first-order valence-corrected chi connectivity index (χ1v) is 10.5. The van der Waals surface area contributed by atoms with Crippen LogP contribution in [-0.4, -0.2) is 14.3 Å². The molecule has 0 saturated heterocycles. The molecule has 0 aliphatic heterocycles. The minimum atomic E-state index is -4.00. The largest absolute Gasteiger partial charge is 0.319 e. The number of hydrogen-bond donors (Lipinski definition) is 2. The van der Waals surface area contributed by atoms with Gasteiger partial charge in [-0.1, -0.05) is 41.4 Å². The van der Waals surface area contributed by atoms with Crippen molar-refractivity contribution in [3.05, 3.63) is 88.2 Å². The summed E-state index contributed by atoms with van der Waals surface area (Å²) in [5.41, 5.74) is 2.18. The minimum absolute atomic E-state index is 0.152. The maximum Gasteiger partial charge on any atom is 0.262 e. The predicted molar refractivity (Wildman–Crippen MR) is 113 cm³/mol. The molecule has 150 valence electrons. The number of benzene rings is 3. The van der Waals surface area contributed by atoms with Crippen LogP contribution in [0, 0.1) is 19.7 Å². The molecule has 0 saturated carbocycles. The standard InChI is InChI=1S/C21H18ClFN2O3S/c1-13-7-9-19(14(2)11-13)25-29(27,28)15-8-10-20(18(23)12-15)24-21(26)16-5-3-4-6-17(16)22/h3-12,25H,1-2H3,(H,24,26). The Bertz CT molecular complexity index is 1200. The highest BCUT2D eigenvalue weighted by molar-refractivity contribution is 7.92. The van der Waals surface area contributed by atoms with Crippen molar-refractivity contribution in [2.45, 2.75) is 18.7 Å². The van der Waals surface area contributed by atoms with Crippen molar-refractivity contribution in [2.24, 2.45) is 0 Å². The van der Waals surface area contributed by atoms with Crippen molar-refractivity contribution < 1.29 is 17.6 Å². The average Bonchev–Trinajstić information content (AvgIpc) is 2.66. The van der Waals surface area contributed by atoms with Crippen molar-refractivity contribution in [1.82, 2.24) is 0 Å². The second kappa shape index (κ2) is 8.23. The highest BCUT2D eigenvalue weighted by Crippen LogP contribution is 2.24. The van der Waals surface area contributed by atoms with Gasteiger partial charge in [0.1, 0.15) is 5.82 Å². The summed E-state index contributed by atoms with van der Waals surface area (Å²) in [6.45, 7) is 3.68. The van der Waals surface area contributed by atoms with Gasteiger partial charge in [0.2, 0.25) is 0 Å². The Kier molecular flexibility index (Phi) is 5.91. The highest BCUT2D eigenvalue weighted by Gasteiger charge is 2.19. The molecule has 0 unspecified atom stereocenters. The van der Waals surface area contributed by atoms with E-state index < -0.39 is 21.7 Å². The summed E-state index contributed by atoms with van der Waals surface area (Å²) in [6, 6.07) is 14.9. The topological polar surface area (TPSA) is 75.3 Å². The zero-order valence-corrected chi connectivity index (χ0v) is 17.2. The molecular formula is C21H18ClFN2O3S. The van der Waals surface area contributed by atoms with Crippen LogP contribution in [0.1, 0.15) is 21.5 Å². The number of anilines is 2. The van der Waals surface area contributed by atoms with E-state index in [9.17, 15) is 17.6 Å². The van der Waals surface area contributed by atoms with Crippen LogP contribution in [0.3, 0.4) is 0 Å². The number of carbonyl (C=O) groups is 1. The third-order valence-electron chi connectivity index (χ3n) is 4.24. The third-order valence-corrected chi connectivity index (χ3v) is 5.94. The quantitative estimate of drug-likeness (QED) is 0.585. The first-order valence-electron chi connectivity index (χ1n) is 8.63. The lowest BCUT2D eigenvalue weighted by molar-refractivity contribution is 0.102. The number of sulfonamides is 1. The molecule has 5 nitrogen and oxygen atoms in total. The van der Waals surface area contributed by atoms with E-state index in [4.69, 9.17) is 11.6 Å². The Hall–Kier alpha value is -2.90. The van der Waals surface area contributed by atoms with Gasteiger partial charge in [0.15, 0.2) is 0 Å². The Labute approximate surface area is 173 Å². The molecule has 2 N–H and O–H groups in total. The van der Waals surface area contributed by atoms with E-state index in [-0.39, 0.29) is 21.2 Å². The number of aryl methyl sites for hydroxylation is 2. The van der Waals surface area contributed by atoms with Crippen LogP contribution in [0.2, 0.25) is 5.02 Å². The molecule has 0 fully saturated rings. The predicted octanol–water partition coefficient (Wildman–Crippen LogP) is 5.15. The van der Waals surface area contributed by atoms with Crippen molar-refractivity contribution in [2.75, 3.05) is 10.0 Å². The Morgan fingerprint density at radius 1 is 0.966 bits per heavy atom. The molecule has 0 aromatic heterocycles. The van der Waals surface area contributed by atoms with Crippen LogP contribution in [0.5, 0.6) is 0 Å². The second-order valence-corrected chi connectivity index (χ2v) is 8.59. The van der Waals surface area contributed by atoms with Crippen LogP contribution in [0.4, 0.5) is 15.8 Å². The van der Waals surface area contributed by atoms with Gasteiger partial charge in [0.25, 0.3) is 15.9 Å². The smallest absolute Gasteiger partial charge is 0.262 e. The molecule has 0 heterocycles. The molecule has 29 heavy (non-hydrogen) atoms. The molecule has 0 atom stereocenters. The molecule has 0 radical (unpaired) electrons. The summed E-state index contributed by atoms with van der Waals surface area (Å²) < 4.78 is 42.2. The Morgan fingerprint density at radius 2 is 1.66 bits per heavy atom. The van der Waals surface area contributed by atoms with Gasteiger partial charge in [0, 0.05) is 0 Å². The van der Waals surface area contributed by atoms with Gasteiger partial charge in [-0.25, -0.2) is 12.8 Å². The van der Waals surface area contributed by atoms with Crippen LogP contribution in [0.25, 0.3) is 0 Å². The van der Waals surface area contributed by atoms with E-state index in [1.54, 1.807) is 37.3 Å². The van der Waals surface area contributed by atoms with Crippen LogP contribution < -0.4 is 10.0 Å². The van der Waals surface area contributed by atoms with Crippen molar-refractivity contribution in [1.29, 1.82) is 0 Å². The molecule has 0 aliphatic carbocycles. The number of halogens is 2. The normalized spacial score (nSPS) is 11.2. The summed E-state index contributed by atoms with van der Waals surface area (Å²) in [5, 5.41) is 2.62. The third kappa shape index (κ3) is 4.75. The minimum Gasteiger partial charge on any atom is -0.319 e. The van der Waals surface area contributed by atoms with E-state index in [0.717, 1.165) is 17.2 Å². The molecular weight excluding hydrogens is 415 g/mol. The van der Waals surface area contributed by atoms with E-state index in [2.05, 4.69) is 10.0 Å². The number of amides is 1. The first-order chi connectivity index (χ1) is 13.7. The summed E-state index contributed by atoms with van der Waals surface area (Å²) in [5.74, 6) is -1.48. The molecule has 3 aromatic rings. The van der Waals surface area contributed by atoms with Gasteiger partial charge >= 0.3 is 0 Å². The fraction of sp³-hybridized carbons (Fsp3) is 0.0952. The van der Waals surface area contributed by atoms with Crippen molar-refractivity contribution >= 4 is 38.9 Å². The van der Waals surface area contributed by atoms with Gasteiger partial charge in [-0.2, -0.15) is 0 Å². The van der Waals surface area contributed by atoms with E-state index in [1.807, 2.05) is 13.0 Å². The number of carbonyl (C=O) groups excluding carboxylic acids is 1. The fourth-order valence-electron chi connectivity index (χ4n) is 2.73. The molecule has 0 aliphatic rings. The summed E-state index contributed by atoms with van der Waals surface area (Å²) in [7, 11) is -4.00. The lowest BCUT2D eigenvalue weighted by atomic mass is 10.1. The molecule has 0 bridgehead atoms. The fourth-order valence-corrected chi connectivity index (χ4v) is 4.09. The van der Waals surface area contributed by atoms with Crippen molar-refractivity contribution in [3.8, 4) is 0 Å². The second-order valence-electron chi connectivity index (χ2n) is 6.50. The number of hydrogen-bond acceptors (Lipinski definition) is 3. The van der Waals surface area contributed by atoms with Gasteiger partial charge < -0.3 is 5.32 Å². The lowest BCUT2D eigenvalue weighted by Gasteiger charge is -2.13. The van der Waals surface area contributed by atoms with Crippen LogP contribution in [-0.2, 0) is 10.0 Å². The molecule has 1 amide bonds. The van der Waals surface area contributed by atoms with E-state index in [0.29, 0.717) is 5.69 Å². The first kappa shape index (κ1) is 20.8. The Morgan fingerprint density at radius 3 is 2.31 bits per heavy atom. The summed E-state index contributed by atoms with van der Waals surface area (Å²) >= 11 is 5.97. The van der Waals surface area contributed by atoms with Crippen molar-refractivity contribution in [3.63, 3.8) is 0 Å². The van der Waals surface area contributed by atoms with Gasteiger partial charge in [0.05, 0.1) is 26.9 Å². The summed E-state index contributed by atoms with van der Waals surface area (Å²) in [6.07, 6.45) is 0. The number of rotatable bonds is 5. The maximum absolute atomic E-state index is 14.5. The van der Waals surface area contributed by atoms with Crippen LogP contribution in [0.15, 0.2) is 65.6 Å². The highest BCUT2D eigenvalue weighted by atomic mass is 35.5. The van der Waals surface area contributed by atoms with Crippen LogP contribution >= 0.6 is 11.6 Å². The van der Waals surface area contributed by atoms with Gasteiger partial charge in [-0.05, 0) is 55.8 Å². The molecule has 0 spiro atoms. The van der Waals surface area contributed by atoms with E-state index in [1.165, 1.54) is 18.2 Å². The van der Waals surface area contributed by atoms with Gasteiger partial charge in [-0.3, -0.25) is 9.52 Å². The van der Waals surface area contributed by atoms with Gasteiger partial charge in [-0.15, -0.1) is 0 Å². The molecule has 8 heteroatoms. The number of nitrogens with one attached hydrogen (secondary N) is 2.